The molecule has 1 heterocycles. The maximum Gasteiger partial charge on any atom is 0.416 e. The molecule has 1 amide bonds. The van der Waals surface area contributed by atoms with Crippen molar-refractivity contribution in [1.29, 1.82) is 0 Å². The third-order valence-corrected chi connectivity index (χ3v) is 2.57. The number of nitrogens with one attached hydrogen (secondary N) is 1. The fourth-order valence-corrected chi connectivity index (χ4v) is 1.67. The molecule has 0 saturated carbocycles. The lowest BCUT2D eigenvalue weighted by Crippen LogP contribution is -2.17. The van der Waals surface area contributed by atoms with Crippen LogP contribution in [0.2, 0.25) is 0 Å². The summed E-state index contributed by atoms with van der Waals surface area (Å²) in [6, 6.07) is 6.22. The first-order valence-corrected chi connectivity index (χ1v) is 5.92. The van der Waals surface area contributed by atoms with Gasteiger partial charge in [0.2, 0.25) is 0 Å². The van der Waals surface area contributed by atoms with E-state index in [2.05, 4.69) is 15.2 Å². The van der Waals surface area contributed by atoms with E-state index in [1.165, 1.54) is 36.2 Å². The Hall–Kier alpha value is -2.35. The Morgan fingerprint density at radius 2 is 2.14 bits per heavy atom. The number of carbonyl (C=O) groups excluding carboxylic acids is 1. The van der Waals surface area contributed by atoms with Crippen molar-refractivity contribution in [3.05, 3.63) is 42.1 Å². The van der Waals surface area contributed by atoms with Gasteiger partial charge >= 0.3 is 6.18 Å². The predicted molar refractivity (Wildman–Crippen MR) is 69.1 cm³/mol. The minimum Gasteiger partial charge on any atom is -0.375 e. The van der Waals surface area contributed by atoms with Crippen LogP contribution in [0, 0.1) is 0 Å². The van der Waals surface area contributed by atoms with Gasteiger partial charge in [-0.25, -0.2) is 4.68 Å². The van der Waals surface area contributed by atoms with Gasteiger partial charge in [-0.1, -0.05) is 6.07 Å². The largest absolute Gasteiger partial charge is 0.416 e. The van der Waals surface area contributed by atoms with Crippen LogP contribution < -0.4 is 5.32 Å². The number of halogens is 3. The normalized spacial score (nSPS) is 11.4. The van der Waals surface area contributed by atoms with Gasteiger partial charge in [0, 0.05) is 19.4 Å². The topological polar surface area (TPSA) is 56.1 Å². The monoisotopic (exact) mass is 299 g/mol. The smallest absolute Gasteiger partial charge is 0.375 e. The Labute approximate surface area is 118 Å². The molecule has 0 saturated heterocycles. The lowest BCUT2D eigenvalue weighted by molar-refractivity contribution is -0.137. The van der Waals surface area contributed by atoms with Gasteiger partial charge in [0.15, 0.2) is 5.82 Å². The Morgan fingerprint density at radius 1 is 1.38 bits per heavy atom. The summed E-state index contributed by atoms with van der Waals surface area (Å²) >= 11 is 0. The van der Waals surface area contributed by atoms with Gasteiger partial charge in [-0.2, -0.15) is 18.3 Å². The highest BCUT2D eigenvalue weighted by Gasteiger charge is 2.30. The number of hydrogen-bond acceptors (Lipinski definition) is 3. The number of benzene rings is 1. The molecule has 0 aliphatic carbocycles. The van der Waals surface area contributed by atoms with Gasteiger partial charge in [-0.3, -0.25) is 4.79 Å². The van der Waals surface area contributed by atoms with Crippen LogP contribution in [0.5, 0.6) is 0 Å². The van der Waals surface area contributed by atoms with E-state index in [1.807, 2.05) is 0 Å². The zero-order valence-corrected chi connectivity index (χ0v) is 11.0. The van der Waals surface area contributed by atoms with E-state index in [9.17, 15) is 18.0 Å². The van der Waals surface area contributed by atoms with E-state index in [1.54, 1.807) is 0 Å². The minimum atomic E-state index is -4.42. The average Bonchev–Trinajstić information content (AvgIpc) is 2.86. The Morgan fingerprint density at radius 3 is 2.81 bits per heavy atom. The van der Waals surface area contributed by atoms with E-state index < -0.39 is 17.6 Å². The Bertz CT molecular complexity index is 638. The molecule has 0 radical (unpaired) electrons. The van der Waals surface area contributed by atoms with Crippen LogP contribution >= 0.6 is 0 Å². The van der Waals surface area contributed by atoms with Gasteiger partial charge < -0.3 is 10.1 Å². The second kappa shape index (κ2) is 5.96. The summed E-state index contributed by atoms with van der Waals surface area (Å²) < 4.78 is 43.8. The van der Waals surface area contributed by atoms with Crippen LogP contribution in [0.4, 0.5) is 19.0 Å². The predicted octanol–water partition coefficient (Wildman–Crippen LogP) is 2.48. The van der Waals surface area contributed by atoms with Crippen LogP contribution in [-0.4, -0.2) is 29.4 Å². The molecule has 0 unspecified atom stereocenters. The van der Waals surface area contributed by atoms with Gasteiger partial charge in [0.1, 0.15) is 6.61 Å². The molecule has 112 valence electrons. The van der Waals surface area contributed by atoms with Gasteiger partial charge in [0.05, 0.1) is 11.3 Å². The first-order chi connectivity index (χ1) is 9.90. The average molecular weight is 299 g/mol. The van der Waals surface area contributed by atoms with Gasteiger partial charge in [-0.15, -0.1) is 0 Å². The number of amides is 1. The number of aromatic nitrogens is 2. The maximum absolute atomic E-state index is 12.6. The van der Waals surface area contributed by atoms with Crippen LogP contribution in [0.3, 0.4) is 0 Å². The van der Waals surface area contributed by atoms with Crippen molar-refractivity contribution in [3.63, 3.8) is 0 Å². The van der Waals surface area contributed by atoms with Crippen molar-refractivity contribution in [2.24, 2.45) is 0 Å². The fourth-order valence-electron chi connectivity index (χ4n) is 1.67. The molecule has 2 aromatic rings. The first kappa shape index (κ1) is 15.0. The Kier molecular flexibility index (Phi) is 4.27. The lowest BCUT2D eigenvalue weighted by atomic mass is 10.2. The highest BCUT2D eigenvalue weighted by molar-refractivity contribution is 5.90. The summed E-state index contributed by atoms with van der Waals surface area (Å²) in [5, 5.41) is 6.45. The molecule has 0 fully saturated rings. The first-order valence-electron chi connectivity index (χ1n) is 5.92. The quantitative estimate of drug-likeness (QED) is 0.943. The van der Waals surface area contributed by atoms with E-state index in [0.29, 0.717) is 0 Å². The molecule has 1 N–H and O–H groups in total. The summed E-state index contributed by atoms with van der Waals surface area (Å²) in [7, 11) is 1.38. The standard InChI is InChI=1S/C13H12F3N3O2/c1-21-8-12(20)17-11-5-6-19(18-11)10-4-2-3-9(7-10)13(14,15)16/h2-7H,8H2,1H3,(H,17,18,20). The minimum absolute atomic E-state index is 0.129. The van der Waals surface area contributed by atoms with Crippen LogP contribution in [0.25, 0.3) is 5.69 Å². The van der Waals surface area contributed by atoms with Crippen molar-refractivity contribution in [3.8, 4) is 5.69 Å². The molecule has 0 aliphatic rings. The van der Waals surface area contributed by atoms with Crippen molar-refractivity contribution in [2.75, 3.05) is 19.0 Å². The van der Waals surface area contributed by atoms with Crippen molar-refractivity contribution in [1.82, 2.24) is 9.78 Å². The van der Waals surface area contributed by atoms with Crippen molar-refractivity contribution >= 4 is 11.7 Å². The number of anilines is 1. The number of ether oxygens (including phenoxy) is 1. The third-order valence-electron chi connectivity index (χ3n) is 2.57. The Balaban J connectivity index is 2.20. The molecule has 0 spiro atoms. The summed E-state index contributed by atoms with van der Waals surface area (Å²) in [6.45, 7) is -0.129. The summed E-state index contributed by atoms with van der Waals surface area (Å²) in [5.41, 5.74) is -0.516. The molecular weight excluding hydrogens is 287 g/mol. The van der Waals surface area contributed by atoms with Crippen molar-refractivity contribution in [2.45, 2.75) is 6.18 Å². The van der Waals surface area contributed by atoms with E-state index in [4.69, 9.17) is 0 Å². The van der Waals surface area contributed by atoms with Crippen LogP contribution in [0.15, 0.2) is 36.5 Å². The maximum atomic E-state index is 12.6. The number of rotatable bonds is 4. The zero-order chi connectivity index (χ0) is 15.5. The molecule has 1 aromatic carbocycles. The number of hydrogen-bond donors (Lipinski definition) is 1. The second-order valence-corrected chi connectivity index (χ2v) is 4.17. The van der Waals surface area contributed by atoms with Gasteiger partial charge in [-0.05, 0) is 18.2 Å². The molecule has 8 heteroatoms. The van der Waals surface area contributed by atoms with E-state index >= 15 is 0 Å². The number of carbonyl (C=O) groups is 1. The summed E-state index contributed by atoms with van der Waals surface area (Å²) in [4.78, 5) is 11.3. The highest BCUT2D eigenvalue weighted by Crippen LogP contribution is 2.30. The highest BCUT2D eigenvalue weighted by atomic mass is 19.4. The number of nitrogens with zero attached hydrogens (tertiary/aromatic N) is 2. The molecule has 2 rings (SSSR count). The lowest BCUT2D eigenvalue weighted by Gasteiger charge is -2.08. The molecule has 5 nitrogen and oxygen atoms in total. The van der Waals surface area contributed by atoms with Gasteiger partial charge in [0.25, 0.3) is 5.91 Å². The molecule has 1 aromatic heterocycles. The van der Waals surface area contributed by atoms with E-state index in [0.717, 1.165) is 12.1 Å². The third kappa shape index (κ3) is 3.82. The molecular formula is C13H12F3N3O2. The molecule has 0 atom stereocenters. The molecule has 21 heavy (non-hydrogen) atoms. The van der Waals surface area contributed by atoms with Crippen LogP contribution in [-0.2, 0) is 15.7 Å². The SMILES string of the molecule is COCC(=O)Nc1ccn(-c2cccc(C(F)(F)F)c2)n1. The van der Waals surface area contributed by atoms with Crippen LogP contribution in [0.1, 0.15) is 5.56 Å². The molecule has 0 bridgehead atoms. The zero-order valence-electron chi connectivity index (χ0n) is 11.0. The summed E-state index contributed by atoms with van der Waals surface area (Å²) in [6.07, 6.45) is -2.96. The fraction of sp³-hybridized carbons (Fsp3) is 0.231. The molecule has 0 aliphatic heterocycles. The number of alkyl halides is 3. The second-order valence-electron chi connectivity index (χ2n) is 4.17. The van der Waals surface area contributed by atoms with Crippen molar-refractivity contribution < 1.29 is 22.7 Å². The summed E-state index contributed by atoms with van der Waals surface area (Å²) in [5.74, 6) is -0.166. The van der Waals surface area contributed by atoms with E-state index in [-0.39, 0.29) is 18.1 Å². The number of methoxy groups -OCH3 is 1.